The fourth-order valence-electron chi connectivity index (χ4n) is 7.93. The van der Waals surface area contributed by atoms with Crippen LogP contribution in [-0.2, 0) is 23.7 Å². The molecule has 2 fully saturated rings. The average molecular weight is 861 g/mol. The molecule has 2 aliphatic heterocycles. The van der Waals surface area contributed by atoms with Gasteiger partial charge in [0.05, 0.1) is 40.5 Å². The Hall–Kier alpha value is -1.04. The van der Waals surface area contributed by atoms with Crippen molar-refractivity contribution in [1.29, 1.82) is 0 Å². The van der Waals surface area contributed by atoms with E-state index in [9.17, 15) is 35.7 Å². The summed E-state index contributed by atoms with van der Waals surface area (Å²) < 4.78 is 29.4. The molecule has 0 spiro atoms. The summed E-state index contributed by atoms with van der Waals surface area (Å²) in [4.78, 5) is 0. The third kappa shape index (κ3) is 23.6. The zero-order valence-corrected chi connectivity index (χ0v) is 38.1. The Morgan fingerprint density at radius 2 is 0.967 bits per heavy atom. The van der Waals surface area contributed by atoms with Crippen LogP contribution in [0.4, 0.5) is 0 Å². The number of aliphatic hydroxyl groups excluding tert-OH is 7. The monoisotopic (exact) mass is 861 g/mol. The predicted octanol–water partition coefficient (Wildman–Crippen LogP) is 5.82. The minimum atomic E-state index is -1.63. The molecule has 60 heavy (non-hydrogen) atoms. The molecule has 1 unspecified atom stereocenters. The van der Waals surface area contributed by atoms with Crippen LogP contribution in [0.5, 0.6) is 0 Å². The highest BCUT2D eigenvalue weighted by atomic mass is 16.7. The number of nitrogens with zero attached hydrogens (tertiary/aromatic N) is 1. The van der Waals surface area contributed by atoms with E-state index in [2.05, 4.69) is 52.2 Å². The number of ether oxygens (including phenoxy) is 5. The highest BCUT2D eigenvalue weighted by Gasteiger charge is 2.47. The van der Waals surface area contributed by atoms with Gasteiger partial charge in [-0.1, -0.05) is 128 Å². The third-order valence-electron chi connectivity index (χ3n) is 11.8. The van der Waals surface area contributed by atoms with Crippen molar-refractivity contribution in [3.8, 4) is 0 Å². The van der Waals surface area contributed by atoms with Gasteiger partial charge in [0.15, 0.2) is 12.6 Å². The first-order valence-corrected chi connectivity index (χ1v) is 23.9. The largest absolute Gasteiger partial charge is 0.387 e. The summed E-state index contributed by atoms with van der Waals surface area (Å²) in [7, 11) is 4.18. The van der Waals surface area contributed by atoms with Crippen molar-refractivity contribution < 1.29 is 63.9 Å². The number of unbranched alkanes of at least 4 members (excludes halogenated alkanes) is 18. The first-order valence-electron chi connectivity index (χ1n) is 23.9. The topological polar surface area (TPSA) is 188 Å². The van der Waals surface area contributed by atoms with E-state index >= 15 is 0 Å². The zero-order valence-electron chi connectivity index (χ0n) is 38.1. The quantitative estimate of drug-likeness (QED) is 0.0228. The minimum Gasteiger partial charge on any atom is -0.387 e. The van der Waals surface area contributed by atoms with Gasteiger partial charge in [0.25, 0.3) is 0 Å². The van der Waals surface area contributed by atoms with Gasteiger partial charge in [-0.15, -0.1) is 0 Å². The van der Waals surface area contributed by atoms with Crippen LogP contribution in [-0.4, -0.2) is 161 Å². The Kier molecular flexibility index (Phi) is 30.7. The standard InChI is InChI=1S/C47H90NO12/c1-5-7-9-11-13-15-17-18-19-20-21-22-24-26-28-30-32-57-46-44(54)43(53)41(51)39(60-46)36-58-47-45(55)42(52)40(50)38(59-47)35-56-34-37(49)33-48(3,4)31-29-27-25-23-16-14-12-10-8-6-2/h13,15,18-19,37-47,49-55H,5-12,14,16-17,20-36H2,1-4H3/q+1/b15-13-,19-18-/t37?,38-,39-,40-,41-,42+,43+,44-,45-,46-,47+/m1/s1. The maximum atomic E-state index is 10.7. The van der Waals surface area contributed by atoms with E-state index in [0.29, 0.717) is 17.6 Å². The van der Waals surface area contributed by atoms with Gasteiger partial charge in [0.2, 0.25) is 0 Å². The molecule has 0 radical (unpaired) electrons. The first kappa shape index (κ1) is 55.1. The summed E-state index contributed by atoms with van der Waals surface area (Å²) in [6.45, 7) is 5.64. The summed E-state index contributed by atoms with van der Waals surface area (Å²) in [6.07, 6.45) is 20.2. The van der Waals surface area contributed by atoms with E-state index < -0.39 is 67.5 Å². The molecule has 7 N–H and O–H groups in total. The molecule has 2 aliphatic rings. The van der Waals surface area contributed by atoms with Crippen molar-refractivity contribution in [2.45, 2.75) is 223 Å². The number of rotatable bonds is 36. The molecule has 0 bridgehead atoms. The molecular formula is C47H90NO12+. The predicted molar refractivity (Wildman–Crippen MR) is 235 cm³/mol. The molecule has 2 saturated heterocycles. The minimum absolute atomic E-state index is 0.00422. The Balaban J connectivity index is 1.65. The van der Waals surface area contributed by atoms with Crippen LogP contribution in [0, 0.1) is 0 Å². The Labute approximate surface area is 363 Å². The van der Waals surface area contributed by atoms with Crippen LogP contribution in [0.25, 0.3) is 0 Å². The summed E-state index contributed by atoms with van der Waals surface area (Å²) in [6, 6.07) is 0. The number of allylic oxidation sites excluding steroid dienone is 4. The van der Waals surface area contributed by atoms with Crippen molar-refractivity contribution in [2.75, 3.05) is 53.6 Å². The third-order valence-corrected chi connectivity index (χ3v) is 11.8. The fraction of sp³-hybridized carbons (Fsp3) is 0.915. The van der Waals surface area contributed by atoms with Gasteiger partial charge >= 0.3 is 0 Å². The van der Waals surface area contributed by atoms with Crippen LogP contribution >= 0.6 is 0 Å². The van der Waals surface area contributed by atoms with Crippen LogP contribution < -0.4 is 0 Å². The normalized spacial score (nSPS) is 28.3. The van der Waals surface area contributed by atoms with E-state index in [0.717, 1.165) is 64.3 Å². The molecule has 2 heterocycles. The van der Waals surface area contributed by atoms with Crippen LogP contribution in [0.1, 0.15) is 155 Å². The van der Waals surface area contributed by atoms with Gasteiger partial charge in [-0.2, -0.15) is 0 Å². The van der Waals surface area contributed by atoms with Gasteiger partial charge in [-0.05, 0) is 51.4 Å². The lowest BCUT2D eigenvalue weighted by molar-refractivity contribution is -0.893. The SMILES string of the molecule is CCCCC/C=C\C/C=C\CCCCCCCCO[C@@H]1O[C@H](CO[C@H]2O[C@H](COCC(O)C[N+](C)(C)CCCCCCCCCCCC)[C@@H](O)[C@H](O)[C@H]2O)[C@@H](O)[C@H](O)[C@H]1O. The van der Waals surface area contributed by atoms with E-state index in [-0.39, 0.29) is 19.8 Å². The van der Waals surface area contributed by atoms with Crippen LogP contribution in [0.2, 0.25) is 0 Å². The van der Waals surface area contributed by atoms with Gasteiger partial charge in [0, 0.05) is 6.61 Å². The molecule has 13 nitrogen and oxygen atoms in total. The van der Waals surface area contributed by atoms with Gasteiger partial charge < -0.3 is 63.9 Å². The molecule has 0 aliphatic carbocycles. The maximum Gasteiger partial charge on any atom is 0.186 e. The molecule has 11 atom stereocenters. The molecule has 13 heteroatoms. The smallest absolute Gasteiger partial charge is 0.186 e. The summed E-state index contributed by atoms with van der Waals surface area (Å²) >= 11 is 0. The summed E-state index contributed by atoms with van der Waals surface area (Å²) in [5.41, 5.74) is 0. The second-order valence-corrected chi connectivity index (χ2v) is 18.0. The molecule has 0 saturated carbocycles. The van der Waals surface area contributed by atoms with Gasteiger partial charge in [-0.25, -0.2) is 0 Å². The molecule has 0 amide bonds. The van der Waals surface area contributed by atoms with Crippen LogP contribution in [0.3, 0.4) is 0 Å². The Morgan fingerprint density at radius 3 is 1.53 bits per heavy atom. The summed E-state index contributed by atoms with van der Waals surface area (Å²) in [5, 5.41) is 74.3. The number of aliphatic hydroxyl groups is 7. The number of quaternary nitrogens is 1. The van der Waals surface area contributed by atoms with Gasteiger partial charge in [-0.3, -0.25) is 0 Å². The van der Waals surface area contributed by atoms with E-state index in [1.807, 2.05) is 0 Å². The van der Waals surface area contributed by atoms with Crippen molar-refractivity contribution >= 4 is 0 Å². The van der Waals surface area contributed by atoms with Crippen molar-refractivity contribution in [3.63, 3.8) is 0 Å². The van der Waals surface area contributed by atoms with Crippen molar-refractivity contribution in [3.05, 3.63) is 24.3 Å². The van der Waals surface area contributed by atoms with E-state index in [1.165, 1.54) is 83.5 Å². The fourth-order valence-corrected chi connectivity index (χ4v) is 7.93. The molecule has 354 valence electrons. The Bertz CT molecular complexity index is 1080. The van der Waals surface area contributed by atoms with E-state index in [4.69, 9.17) is 23.7 Å². The molecule has 0 aromatic heterocycles. The zero-order chi connectivity index (χ0) is 44.0. The highest BCUT2D eigenvalue weighted by molar-refractivity contribution is 4.93. The Morgan fingerprint density at radius 1 is 0.517 bits per heavy atom. The maximum absolute atomic E-state index is 10.7. The average Bonchev–Trinajstić information content (AvgIpc) is 3.22. The van der Waals surface area contributed by atoms with Gasteiger partial charge in [0.1, 0.15) is 61.5 Å². The lowest BCUT2D eigenvalue weighted by Crippen LogP contribution is -2.61. The second-order valence-electron chi connectivity index (χ2n) is 18.0. The molecule has 0 aromatic carbocycles. The number of hydrogen-bond acceptors (Lipinski definition) is 12. The molecule has 0 aromatic rings. The second kappa shape index (κ2) is 33.5. The molecular weight excluding hydrogens is 771 g/mol. The lowest BCUT2D eigenvalue weighted by Gasteiger charge is -2.43. The molecule has 2 rings (SSSR count). The van der Waals surface area contributed by atoms with E-state index in [1.54, 1.807) is 0 Å². The number of likely N-dealkylation sites (N-methyl/N-ethyl adjacent to an activating group) is 1. The first-order chi connectivity index (χ1) is 28.9. The van der Waals surface area contributed by atoms with Crippen molar-refractivity contribution in [2.24, 2.45) is 0 Å². The van der Waals surface area contributed by atoms with Crippen LogP contribution in [0.15, 0.2) is 24.3 Å². The number of hydrogen-bond donors (Lipinski definition) is 7. The lowest BCUT2D eigenvalue weighted by atomic mass is 9.98. The highest BCUT2D eigenvalue weighted by Crippen LogP contribution is 2.27. The van der Waals surface area contributed by atoms with Crippen molar-refractivity contribution in [1.82, 2.24) is 0 Å². The summed E-state index contributed by atoms with van der Waals surface area (Å²) in [5.74, 6) is 0.